The highest BCUT2D eigenvalue weighted by molar-refractivity contribution is 5.30. The molecule has 2 aromatic rings. The zero-order chi connectivity index (χ0) is 14.0. The Morgan fingerprint density at radius 2 is 1.79 bits per heavy atom. The first kappa shape index (κ1) is 13.6. The smallest absolute Gasteiger partial charge is 0.130 e. The second kappa shape index (κ2) is 5.45. The molecule has 0 saturated carbocycles. The van der Waals surface area contributed by atoms with Gasteiger partial charge >= 0.3 is 0 Å². The van der Waals surface area contributed by atoms with Crippen LogP contribution < -0.4 is 5.73 Å². The third-order valence-corrected chi connectivity index (χ3v) is 3.02. The first-order chi connectivity index (χ1) is 8.97. The highest BCUT2D eigenvalue weighted by Gasteiger charge is 2.15. The summed E-state index contributed by atoms with van der Waals surface area (Å²) >= 11 is 0. The van der Waals surface area contributed by atoms with Gasteiger partial charge in [0.1, 0.15) is 17.5 Å². The van der Waals surface area contributed by atoms with Gasteiger partial charge in [0.05, 0.1) is 0 Å². The van der Waals surface area contributed by atoms with E-state index in [1.54, 1.807) is 19.1 Å². The molecule has 0 aliphatic rings. The zero-order valence-corrected chi connectivity index (χ0v) is 10.5. The minimum absolute atomic E-state index is 0.239. The van der Waals surface area contributed by atoms with E-state index >= 15 is 0 Å². The average Bonchev–Trinajstić information content (AvgIpc) is 2.33. The summed E-state index contributed by atoms with van der Waals surface area (Å²) in [7, 11) is 0. The van der Waals surface area contributed by atoms with E-state index in [1.165, 1.54) is 18.2 Å². The van der Waals surface area contributed by atoms with Crippen LogP contribution in [0, 0.1) is 24.4 Å². The predicted octanol–water partition coefficient (Wildman–Crippen LogP) is 3.65. The number of nitrogens with two attached hydrogens (primary N) is 1. The van der Waals surface area contributed by atoms with Crippen molar-refractivity contribution in [3.05, 3.63) is 70.5 Å². The lowest BCUT2D eigenvalue weighted by atomic mass is 9.97. The maximum absolute atomic E-state index is 13.7. The fourth-order valence-electron chi connectivity index (χ4n) is 1.99. The summed E-state index contributed by atoms with van der Waals surface area (Å²) in [6.45, 7) is 1.55. The molecule has 1 atom stereocenters. The molecule has 0 aromatic heterocycles. The average molecular weight is 265 g/mol. The third kappa shape index (κ3) is 3.15. The number of aryl methyl sites for hydroxylation is 1. The first-order valence-corrected chi connectivity index (χ1v) is 5.93. The van der Waals surface area contributed by atoms with Gasteiger partial charge in [0, 0.05) is 17.7 Å². The van der Waals surface area contributed by atoms with Crippen LogP contribution in [-0.4, -0.2) is 0 Å². The van der Waals surface area contributed by atoms with Gasteiger partial charge in [-0.15, -0.1) is 0 Å². The first-order valence-electron chi connectivity index (χ1n) is 5.93. The van der Waals surface area contributed by atoms with E-state index in [2.05, 4.69) is 0 Å². The summed E-state index contributed by atoms with van der Waals surface area (Å²) in [6, 6.07) is 7.57. The van der Waals surface area contributed by atoms with Crippen molar-refractivity contribution in [3.8, 4) is 0 Å². The molecular weight excluding hydrogens is 251 g/mol. The monoisotopic (exact) mass is 265 g/mol. The van der Waals surface area contributed by atoms with Crippen LogP contribution in [0.25, 0.3) is 0 Å². The Morgan fingerprint density at radius 1 is 1.05 bits per heavy atom. The minimum Gasteiger partial charge on any atom is -0.324 e. The summed E-state index contributed by atoms with van der Waals surface area (Å²) in [5.41, 5.74) is 7.16. The van der Waals surface area contributed by atoms with Crippen LogP contribution in [0.2, 0.25) is 0 Å². The SMILES string of the molecule is Cc1cc(C(N)Cc2cccc(F)c2)c(F)cc1F. The summed E-state index contributed by atoms with van der Waals surface area (Å²) in [5, 5.41) is 0. The lowest BCUT2D eigenvalue weighted by Gasteiger charge is -2.14. The van der Waals surface area contributed by atoms with E-state index in [9.17, 15) is 13.2 Å². The summed E-state index contributed by atoms with van der Waals surface area (Å²) in [4.78, 5) is 0. The second-order valence-electron chi connectivity index (χ2n) is 4.56. The highest BCUT2D eigenvalue weighted by Crippen LogP contribution is 2.22. The van der Waals surface area contributed by atoms with Gasteiger partial charge in [0.15, 0.2) is 0 Å². The van der Waals surface area contributed by atoms with Crippen LogP contribution in [-0.2, 0) is 6.42 Å². The third-order valence-electron chi connectivity index (χ3n) is 3.02. The van der Waals surface area contributed by atoms with E-state index in [0.29, 0.717) is 17.5 Å². The molecule has 4 heteroatoms. The van der Waals surface area contributed by atoms with Crippen LogP contribution in [0.5, 0.6) is 0 Å². The van der Waals surface area contributed by atoms with Gasteiger partial charge in [-0.05, 0) is 42.7 Å². The number of benzene rings is 2. The van der Waals surface area contributed by atoms with E-state index in [1.807, 2.05) is 0 Å². The van der Waals surface area contributed by atoms with E-state index in [-0.39, 0.29) is 11.4 Å². The zero-order valence-electron chi connectivity index (χ0n) is 10.5. The van der Waals surface area contributed by atoms with Crippen LogP contribution in [0.3, 0.4) is 0 Å². The molecule has 0 radical (unpaired) electrons. The maximum atomic E-state index is 13.7. The van der Waals surface area contributed by atoms with Crippen molar-refractivity contribution >= 4 is 0 Å². The Hall–Kier alpha value is -1.81. The minimum atomic E-state index is -0.674. The largest absolute Gasteiger partial charge is 0.324 e. The van der Waals surface area contributed by atoms with Crippen LogP contribution >= 0.6 is 0 Å². The summed E-state index contributed by atoms with van der Waals surface area (Å²) in [6.07, 6.45) is 0.291. The number of rotatable bonds is 3. The van der Waals surface area contributed by atoms with Crippen molar-refractivity contribution in [2.75, 3.05) is 0 Å². The lowest BCUT2D eigenvalue weighted by molar-refractivity contribution is 0.549. The van der Waals surface area contributed by atoms with Crippen molar-refractivity contribution in [1.82, 2.24) is 0 Å². The number of hydrogen-bond acceptors (Lipinski definition) is 1. The maximum Gasteiger partial charge on any atom is 0.130 e. The molecule has 19 heavy (non-hydrogen) atoms. The molecule has 0 aliphatic carbocycles. The Kier molecular flexibility index (Phi) is 3.90. The number of hydrogen-bond donors (Lipinski definition) is 1. The molecule has 0 saturated heterocycles. The Morgan fingerprint density at radius 3 is 2.47 bits per heavy atom. The standard InChI is InChI=1S/C15H14F3N/c1-9-5-12(14(18)8-13(9)17)15(19)7-10-3-2-4-11(16)6-10/h2-6,8,15H,7,19H2,1H3. The molecule has 0 heterocycles. The Labute approximate surface area is 109 Å². The second-order valence-corrected chi connectivity index (χ2v) is 4.56. The topological polar surface area (TPSA) is 26.0 Å². The van der Waals surface area contributed by atoms with Crippen molar-refractivity contribution in [1.29, 1.82) is 0 Å². The van der Waals surface area contributed by atoms with Gasteiger partial charge in [-0.2, -0.15) is 0 Å². The van der Waals surface area contributed by atoms with E-state index in [4.69, 9.17) is 5.73 Å². The van der Waals surface area contributed by atoms with Crippen molar-refractivity contribution in [2.45, 2.75) is 19.4 Å². The van der Waals surface area contributed by atoms with Crippen LogP contribution in [0.1, 0.15) is 22.7 Å². The molecule has 0 bridgehead atoms. The predicted molar refractivity (Wildman–Crippen MR) is 68.1 cm³/mol. The van der Waals surface area contributed by atoms with Crippen molar-refractivity contribution in [2.24, 2.45) is 5.73 Å². The van der Waals surface area contributed by atoms with Crippen LogP contribution in [0.4, 0.5) is 13.2 Å². The Balaban J connectivity index is 2.25. The molecule has 2 aromatic carbocycles. The van der Waals surface area contributed by atoms with Crippen molar-refractivity contribution in [3.63, 3.8) is 0 Å². The molecule has 100 valence electrons. The molecule has 2 rings (SSSR count). The highest BCUT2D eigenvalue weighted by atomic mass is 19.1. The summed E-state index contributed by atoms with van der Waals surface area (Å²) in [5.74, 6) is -1.63. The van der Waals surface area contributed by atoms with E-state index in [0.717, 1.165) is 6.07 Å². The Bertz CT molecular complexity index is 596. The molecule has 0 aliphatic heterocycles. The van der Waals surface area contributed by atoms with Gasteiger partial charge in [0.25, 0.3) is 0 Å². The molecule has 0 fully saturated rings. The fourth-order valence-corrected chi connectivity index (χ4v) is 1.99. The van der Waals surface area contributed by atoms with Gasteiger partial charge in [-0.3, -0.25) is 0 Å². The fraction of sp³-hybridized carbons (Fsp3) is 0.200. The van der Waals surface area contributed by atoms with Crippen LogP contribution in [0.15, 0.2) is 36.4 Å². The van der Waals surface area contributed by atoms with Gasteiger partial charge in [-0.1, -0.05) is 12.1 Å². The molecule has 1 unspecified atom stereocenters. The normalized spacial score (nSPS) is 12.5. The van der Waals surface area contributed by atoms with Gasteiger partial charge in [-0.25, -0.2) is 13.2 Å². The molecule has 0 spiro atoms. The molecule has 1 nitrogen and oxygen atoms in total. The van der Waals surface area contributed by atoms with Crippen molar-refractivity contribution < 1.29 is 13.2 Å². The van der Waals surface area contributed by atoms with Gasteiger partial charge < -0.3 is 5.73 Å². The number of halogens is 3. The van der Waals surface area contributed by atoms with E-state index < -0.39 is 17.7 Å². The molecule has 2 N–H and O–H groups in total. The summed E-state index contributed by atoms with van der Waals surface area (Å²) < 4.78 is 39.9. The van der Waals surface area contributed by atoms with Gasteiger partial charge in [0.2, 0.25) is 0 Å². The quantitative estimate of drug-likeness (QED) is 0.900. The lowest BCUT2D eigenvalue weighted by Crippen LogP contribution is -2.15. The molecule has 0 amide bonds. The molecular formula is C15H14F3N.